The van der Waals surface area contributed by atoms with Crippen molar-refractivity contribution in [3.05, 3.63) is 99.2 Å². The summed E-state index contributed by atoms with van der Waals surface area (Å²) in [5, 5.41) is 3.13. The molecule has 62 heavy (non-hydrogen) atoms. The Kier molecular flexibility index (Phi) is 10.2. The molecule has 0 radical (unpaired) electrons. The molecule has 1 unspecified atom stereocenters. The molecule has 0 aliphatic carbocycles. The Labute approximate surface area is 355 Å². The first-order valence-corrected chi connectivity index (χ1v) is 21.6. The van der Waals surface area contributed by atoms with Gasteiger partial charge in [0.2, 0.25) is 17.7 Å². The molecule has 12 nitrogen and oxygen atoms in total. The van der Waals surface area contributed by atoms with Crippen LogP contribution in [0.25, 0.3) is 10.9 Å². The van der Waals surface area contributed by atoms with Crippen LogP contribution in [0.15, 0.2) is 48.5 Å². The standard InChI is InChI=1S/C46H47F4N7O5/c1-24-14-31-30-4-2-3-5-36(30)51-41(31)42(56(24)23-38(49)50)40-34(47)17-29(18-35(40)48)54-13-8-25(20-54)19-53-11-9-26(10-12-53)44(60)55-21-27-15-32-33(16-28(27)22-55)46(62)57(45(32)61)37-6-7-39(58)52-43(37)59/h2-5,15-18,24-26,37-38,42,51H,6-14,19-23H2,1H3,(H,52,58,59)/t24-,25+,37?,42-/m1/s1. The van der Waals surface area contributed by atoms with Crippen LogP contribution in [0.2, 0.25) is 0 Å². The van der Waals surface area contributed by atoms with Crippen LogP contribution in [-0.2, 0) is 33.9 Å². The minimum atomic E-state index is -2.68. The maximum Gasteiger partial charge on any atom is 0.262 e. The van der Waals surface area contributed by atoms with E-state index in [1.807, 2.05) is 36.1 Å². The Balaban J connectivity index is 0.753. The third-order valence-electron chi connectivity index (χ3n) is 14.1. The van der Waals surface area contributed by atoms with Crippen molar-refractivity contribution in [2.75, 3.05) is 44.2 Å². The second-order valence-corrected chi connectivity index (χ2v) is 17.9. The van der Waals surface area contributed by atoms with Gasteiger partial charge in [-0.15, -0.1) is 0 Å². The molecular weight excluding hydrogens is 807 g/mol. The molecule has 3 aromatic carbocycles. The van der Waals surface area contributed by atoms with Gasteiger partial charge in [0.25, 0.3) is 18.2 Å². The number of anilines is 1. The first kappa shape index (κ1) is 40.5. The zero-order chi connectivity index (χ0) is 43.1. The van der Waals surface area contributed by atoms with Crippen molar-refractivity contribution >= 4 is 46.1 Å². The number of nitrogens with one attached hydrogen (secondary N) is 2. The number of likely N-dealkylation sites (tertiary alicyclic amines) is 1. The summed E-state index contributed by atoms with van der Waals surface area (Å²) in [7, 11) is 0. The van der Waals surface area contributed by atoms with Crippen molar-refractivity contribution in [3.63, 3.8) is 0 Å². The molecule has 324 valence electrons. The number of hydrogen-bond acceptors (Lipinski definition) is 8. The number of carbonyl (C=O) groups excluding carboxylic acids is 5. The van der Waals surface area contributed by atoms with Gasteiger partial charge in [-0.05, 0) is 105 Å². The van der Waals surface area contributed by atoms with Crippen molar-refractivity contribution < 1.29 is 41.5 Å². The second-order valence-electron chi connectivity index (χ2n) is 17.9. The van der Waals surface area contributed by atoms with E-state index in [1.54, 1.807) is 17.0 Å². The molecule has 16 heteroatoms. The predicted octanol–water partition coefficient (Wildman–Crippen LogP) is 5.53. The Morgan fingerprint density at radius 3 is 2.21 bits per heavy atom. The summed E-state index contributed by atoms with van der Waals surface area (Å²) in [6.07, 6.45) is 0.103. The summed E-state index contributed by atoms with van der Waals surface area (Å²) in [6, 6.07) is 11.1. The largest absolute Gasteiger partial charge is 0.371 e. The van der Waals surface area contributed by atoms with Gasteiger partial charge in [0.15, 0.2) is 0 Å². The van der Waals surface area contributed by atoms with Crippen molar-refractivity contribution in [1.29, 1.82) is 0 Å². The fourth-order valence-electron chi connectivity index (χ4n) is 11.0. The third-order valence-corrected chi connectivity index (χ3v) is 14.1. The zero-order valence-electron chi connectivity index (χ0n) is 34.3. The number of hydrogen-bond donors (Lipinski definition) is 2. The van der Waals surface area contributed by atoms with Gasteiger partial charge < -0.3 is 19.7 Å². The monoisotopic (exact) mass is 853 g/mol. The van der Waals surface area contributed by atoms with Crippen LogP contribution in [0.3, 0.4) is 0 Å². The van der Waals surface area contributed by atoms with Gasteiger partial charge in [0.05, 0.1) is 23.7 Å². The SMILES string of the molecule is C[C@@H]1Cc2c([nH]c3ccccc23)[C@@H](c2c(F)cc(N3CC[C@@H](CN4CCC(C(=O)N5Cc6cc7c(cc6C5)C(=O)N(C5CCC(=O)NC5=O)C7=O)CC4)C3)cc2F)N1CC(F)F. The molecule has 5 amide bonds. The summed E-state index contributed by atoms with van der Waals surface area (Å²) in [5.74, 6) is -3.66. The Bertz CT molecular complexity index is 2470. The normalized spacial score (nSPS) is 24.7. The lowest BCUT2D eigenvalue weighted by atomic mass is 9.88. The van der Waals surface area contributed by atoms with Crippen LogP contribution in [0.5, 0.6) is 0 Å². The topological polar surface area (TPSA) is 129 Å². The molecule has 0 saturated carbocycles. The first-order valence-electron chi connectivity index (χ1n) is 21.6. The molecule has 0 bridgehead atoms. The van der Waals surface area contributed by atoms with E-state index >= 15 is 8.78 Å². The van der Waals surface area contributed by atoms with Gasteiger partial charge in [-0.2, -0.15) is 0 Å². The van der Waals surface area contributed by atoms with Gasteiger partial charge >= 0.3 is 0 Å². The maximum absolute atomic E-state index is 16.3. The molecule has 7 heterocycles. The van der Waals surface area contributed by atoms with Crippen LogP contribution in [0.1, 0.15) is 93.7 Å². The van der Waals surface area contributed by atoms with E-state index in [1.165, 1.54) is 17.0 Å². The van der Waals surface area contributed by atoms with Crippen molar-refractivity contribution in [3.8, 4) is 0 Å². The number of aromatic nitrogens is 1. The van der Waals surface area contributed by atoms with Crippen molar-refractivity contribution in [2.45, 2.75) is 83.1 Å². The molecule has 4 atom stereocenters. The third kappa shape index (κ3) is 6.95. The van der Waals surface area contributed by atoms with Crippen molar-refractivity contribution in [2.24, 2.45) is 11.8 Å². The van der Waals surface area contributed by atoms with Crippen LogP contribution in [-0.4, -0.2) is 112 Å². The number of imide groups is 2. The van der Waals surface area contributed by atoms with E-state index in [-0.39, 0.29) is 53.3 Å². The summed E-state index contributed by atoms with van der Waals surface area (Å²) >= 11 is 0. The lowest BCUT2D eigenvalue weighted by Gasteiger charge is -2.41. The average Bonchev–Trinajstić information content (AvgIpc) is 4.02. The summed E-state index contributed by atoms with van der Waals surface area (Å²) in [4.78, 5) is 76.4. The molecule has 6 aliphatic rings. The highest BCUT2D eigenvalue weighted by atomic mass is 19.3. The lowest BCUT2D eigenvalue weighted by molar-refractivity contribution is -0.138. The number of benzene rings is 3. The summed E-state index contributed by atoms with van der Waals surface area (Å²) in [5.41, 5.74) is 4.44. The van der Waals surface area contributed by atoms with E-state index in [0.29, 0.717) is 56.8 Å². The van der Waals surface area contributed by atoms with Gasteiger partial charge in [-0.25, -0.2) is 17.6 Å². The fraction of sp³-hybridized carbons (Fsp3) is 0.457. The molecule has 1 aromatic heterocycles. The van der Waals surface area contributed by atoms with Crippen LogP contribution in [0, 0.1) is 23.5 Å². The summed E-state index contributed by atoms with van der Waals surface area (Å²) < 4.78 is 60.4. The Morgan fingerprint density at radius 2 is 1.55 bits per heavy atom. The van der Waals surface area contributed by atoms with E-state index in [0.717, 1.165) is 58.5 Å². The Hall–Kier alpha value is -5.61. The molecular formula is C46H47F4N7O5. The molecule has 4 aromatic rings. The lowest BCUT2D eigenvalue weighted by Crippen LogP contribution is -2.54. The second kappa shape index (κ2) is 15.6. The quantitative estimate of drug-likeness (QED) is 0.175. The Morgan fingerprint density at radius 1 is 0.871 bits per heavy atom. The number of rotatable bonds is 8. The van der Waals surface area contributed by atoms with Gasteiger partial charge in [0.1, 0.15) is 17.7 Å². The number of carbonyl (C=O) groups is 5. The minimum Gasteiger partial charge on any atom is -0.371 e. The first-order chi connectivity index (χ1) is 29.8. The highest BCUT2D eigenvalue weighted by molar-refractivity contribution is 6.23. The van der Waals surface area contributed by atoms with Crippen LogP contribution in [0.4, 0.5) is 23.2 Å². The number of fused-ring (bicyclic) bond motifs is 5. The number of amides is 5. The van der Waals surface area contributed by atoms with Gasteiger partial charge in [-0.1, -0.05) is 18.2 Å². The van der Waals surface area contributed by atoms with E-state index in [2.05, 4.69) is 15.2 Å². The van der Waals surface area contributed by atoms with E-state index in [9.17, 15) is 32.8 Å². The number of piperidine rings is 2. The molecule has 10 rings (SSSR count). The highest BCUT2D eigenvalue weighted by Crippen LogP contribution is 2.44. The highest BCUT2D eigenvalue weighted by Gasteiger charge is 2.46. The molecule has 2 N–H and O–H groups in total. The number of H-pyrrole nitrogens is 1. The van der Waals surface area contributed by atoms with E-state index in [4.69, 9.17) is 0 Å². The summed E-state index contributed by atoms with van der Waals surface area (Å²) in [6.45, 7) is 5.31. The molecule has 3 fully saturated rings. The fourth-order valence-corrected chi connectivity index (χ4v) is 11.0. The molecule has 0 spiro atoms. The minimum absolute atomic E-state index is 0.0316. The van der Waals surface area contributed by atoms with Gasteiger partial charge in [-0.3, -0.25) is 39.1 Å². The van der Waals surface area contributed by atoms with Gasteiger partial charge in [0, 0.05) is 79.0 Å². The average molecular weight is 854 g/mol. The van der Waals surface area contributed by atoms with E-state index < -0.39 is 60.3 Å². The zero-order valence-corrected chi connectivity index (χ0v) is 34.3. The number of para-hydroxylation sites is 1. The maximum atomic E-state index is 16.3. The number of alkyl halides is 2. The van der Waals surface area contributed by atoms with Crippen LogP contribution < -0.4 is 10.2 Å². The number of aromatic amines is 1. The number of nitrogens with zero attached hydrogens (tertiary/aromatic N) is 5. The number of halogens is 4. The predicted molar refractivity (Wildman–Crippen MR) is 219 cm³/mol. The van der Waals surface area contributed by atoms with Crippen molar-refractivity contribution in [1.82, 2.24) is 29.9 Å². The smallest absolute Gasteiger partial charge is 0.262 e. The molecule has 3 saturated heterocycles. The van der Waals surface area contributed by atoms with Crippen LogP contribution >= 0.6 is 0 Å². The molecule has 6 aliphatic heterocycles.